The number of nitrogens with zero attached hydrogens (tertiary/aromatic N) is 1. The molecule has 0 saturated carbocycles. The lowest BCUT2D eigenvalue weighted by molar-refractivity contribution is 0.414. The fourth-order valence-corrected chi connectivity index (χ4v) is 1.86. The van der Waals surface area contributed by atoms with Crippen molar-refractivity contribution in [3.8, 4) is 0 Å². The van der Waals surface area contributed by atoms with Crippen LogP contribution in [0.2, 0.25) is 0 Å². The van der Waals surface area contributed by atoms with Crippen molar-refractivity contribution in [2.24, 2.45) is 0 Å². The highest BCUT2D eigenvalue weighted by Gasteiger charge is 2.16. The lowest BCUT2D eigenvalue weighted by Crippen LogP contribution is -2.20. The number of rotatable bonds is 5. The Balaban J connectivity index is 2.03. The third-order valence-corrected chi connectivity index (χ3v) is 2.94. The van der Waals surface area contributed by atoms with Gasteiger partial charge in [-0.15, -0.1) is 0 Å². The number of benzene rings is 1. The molecule has 0 fully saturated rings. The number of hydrogen-bond acceptors (Lipinski definition) is 3. The molecule has 1 N–H and O–H groups in total. The summed E-state index contributed by atoms with van der Waals surface area (Å²) in [6, 6.07) is 3.38. The fourth-order valence-electron chi connectivity index (χ4n) is 1.86. The van der Waals surface area contributed by atoms with E-state index in [1.165, 1.54) is 18.2 Å². The van der Waals surface area contributed by atoms with E-state index >= 15 is 0 Å². The first-order chi connectivity index (χ1) is 9.11. The second-order valence-electron chi connectivity index (χ2n) is 4.31. The van der Waals surface area contributed by atoms with E-state index in [2.05, 4.69) is 10.3 Å². The lowest BCUT2D eigenvalue weighted by atomic mass is 10.1. The Bertz CT molecular complexity index is 534. The largest absolute Gasteiger partial charge is 0.444 e. The van der Waals surface area contributed by atoms with Crippen LogP contribution in [0.25, 0.3) is 0 Å². The third-order valence-electron chi connectivity index (χ3n) is 2.94. The van der Waals surface area contributed by atoms with Crippen LogP contribution in [0.3, 0.4) is 0 Å². The fraction of sp³-hybridized carbons (Fsp3) is 0.357. The molecule has 1 unspecified atom stereocenters. The maximum Gasteiger partial charge on any atom is 0.208 e. The monoisotopic (exact) mass is 266 g/mol. The standard InChI is InChI=1S/C14H16F2N2O/c1-3-10-7-18-13(19-10)8-17-9(2)14-11(15)5-4-6-12(14)16/h4-7,9,17H,3,8H2,1-2H3. The minimum absolute atomic E-state index is 0.0322. The summed E-state index contributed by atoms with van der Waals surface area (Å²) in [6.45, 7) is 4.00. The summed E-state index contributed by atoms with van der Waals surface area (Å²) < 4.78 is 32.6. The quantitative estimate of drug-likeness (QED) is 0.901. The summed E-state index contributed by atoms with van der Waals surface area (Å²) in [5.41, 5.74) is 0.0322. The van der Waals surface area contributed by atoms with Crippen molar-refractivity contribution in [1.82, 2.24) is 10.3 Å². The molecular formula is C14H16F2N2O. The highest BCUT2D eigenvalue weighted by molar-refractivity contribution is 5.22. The smallest absolute Gasteiger partial charge is 0.208 e. The molecule has 0 aliphatic heterocycles. The van der Waals surface area contributed by atoms with E-state index in [0.29, 0.717) is 12.4 Å². The van der Waals surface area contributed by atoms with Crippen molar-refractivity contribution in [3.05, 3.63) is 53.2 Å². The first kappa shape index (κ1) is 13.7. The molecule has 0 aliphatic carbocycles. The molecule has 0 aliphatic rings. The van der Waals surface area contributed by atoms with Crippen molar-refractivity contribution >= 4 is 0 Å². The molecule has 0 radical (unpaired) electrons. The Morgan fingerprint density at radius 3 is 2.58 bits per heavy atom. The average Bonchev–Trinajstić information content (AvgIpc) is 2.84. The maximum atomic E-state index is 13.6. The lowest BCUT2D eigenvalue weighted by Gasteiger charge is -2.14. The van der Waals surface area contributed by atoms with Gasteiger partial charge in [-0.1, -0.05) is 13.0 Å². The molecule has 0 spiro atoms. The van der Waals surface area contributed by atoms with Gasteiger partial charge in [-0.05, 0) is 19.1 Å². The molecule has 1 heterocycles. The Morgan fingerprint density at radius 2 is 2.00 bits per heavy atom. The number of aromatic nitrogens is 1. The van der Waals surface area contributed by atoms with E-state index in [1.807, 2.05) is 6.92 Å². The van der Waals surface area contributed by atoms with E-state index in [4.69, 9.17) is 4.42 Å². The summed E-state index contributed by atoms with van der Waals surface area (Å²) >= 11 is 0. The Morgan fingerprint density at radius 1 is 1.32 bits per heavy atom. The van der Waals surface area contributed by atoms with Crippen molar-refractivity contribution in [2.75, 3.05) is 0 Å². The molecule has 102 valence electrons. The number of aryl methyl sites for hydroxylation is 1. The second kappa shape index (κ2) is 5.93. The molecule has 19 heavy (non-hydrogen) atoms. The van der Waals surface area contributed by atoms with Gasteiger partial charge in [0, 0.05) is 18.0 Å². The predicted octanol–water partition coefficient (Wildman–Crippen LogP) is 3.37. The SMILES string of the molecule is CCc1cnc(CNC(C)c2c(F)cccc2F)o1. The first-order valence-electron chi connectivity index (χ1n) is 6.22. The van der Waals surface area contributed by atoms with E-state index in [-0.39, 0.29) is 5.56 Å². The molecule has 3 nitrogen and oxygen atoms in total. The van der Waals surface area contributed by atoms with Crippen LogP contribution < -0.4 is 5.32 Å². The summed E-state index contributed by atoms with van der Waals surface area (Å²) in [5, 5.41) is 3.00. The molecule has 1 atom stereocenters. The predicted molar refractivity (Wildman–Crippen MR) is 67.5 cm³/mol. The van der Waals surface area contributed by atoms with Gasteiger partial charge in [0.2, 0.25) is 5.89 Å². The molecule has 2 aromatic rings. The van der Waals surface area contributed by atoms with Gasteiger partial charge in [0.1, 0.15) is 17.4 Å². The first-order valence-corrected chi connectivity index (χ1v) is 6.22. The topological polar surface area (TPSA) is 38.1 Å². The van der Waals surface area contributed by atoms with Crippen molar-refractivity contribution in [1.29, 1.82) is 0 Å². The number of halogens is 2. The molecule has 0 amide bonds. The molecule has 2 rings (SSSR count). The van der Waals surface area contributed by atoms with Crippen LogP contribution in [-0.4, -0.2) is 4.98 Å². The van der Waals surface area contributed by atoms with Crippen LogP contribution in [0.4, 0.5) is 8.78 Å². The van der Waals surface area contributed by atoms with Crippen molar-refractivity contribution in [2.45, 2.75) is 32.9 Å². The van der Waals surface area contributed by atoms with E-state index in [9.17, 15) is 8.78 Å². The van der Waals surface area contributed by atoms with Gasteiger partial charge in [-0.2, -0.15) is 0 Å². The summed E-state index contributed by atoms with van der Waals surface area (Å²) in [7, 11) is 0. The normalized spacial score (nSPS) is 12.6. The zero-order valence-electron chi connectivity index (χ0n) is 10.9. The minimum atomic E-state index is -0.554. The molecule has 0 bridgehead atoms. The number of nitrogens with one attached hydrogen (secondary N) is 1. The van der Waals surface area contributed by atoms with Gasteiger partial charge >= 0.3 is 0 Å². The Hall–Kier alpha value is -1.75. The zero-order chi connectivity index (χ0) is 13.8. The molecule has 1 aromatic heterocycles. The molecule has 0 saturated heterocycles. The van der Waals surface area contributed by atoms with Gasteiger partial charge in [0.25, 0.3) is 0 Å². The van der Waals surface area contributed by atoms with Gasteiger partial charge in [-0.25, -0.2) is 13.8 Å². The summed E-state index contributed by atoms with van der Waals surface area (Å²) in [4.78, 5) is 4.08. The number of oxazole rings is 1. The third kappa shape index (κ3) is 3.17. The van der Waals surface area contributed by atoms with E-state index in [1.54, 1.807) is 13.1 Å². The van der Waals surface area contributed by atoms with Crippen LogP contribution >= 0.6 is 0 Å². The van der Waals surface area contributed by atoms with E-state index in [0.717, 1.165) is 12.2 Å². The maximum absolute atomic E-state index is 13.6. The van der Waals surface area contributed by atoms with Crippen LogP contribution in [0.1, 0.15) is 37.1 Å². The average molecular weight is 266 g/mol. The zero-order valence-corrected chi connectivity index (χ0v) is 10.9. The van der Waals surface area contributed by atoms with Crippen LogP contribution in [0.5, 0.6) is 0 Å². The van der Waals surface area contributed by atoms with Gasteiger partial charge in [-0.3, -0.25) is 0 Å². The molecule has 1 aromatic carbocycles. The van der Waals surface area contributed by atoms with Gasteiger partial charge in [0.05, 0.1) is 12.7 Å². The Labute approximate surface area is 110 Å². The highest BCUT2D eigenvalue weighted by Crippen LogP contribution is 2.20. The molecule has 5 heteroatoms. The number of hydrogen-bond donors (Lipinski definition) is 1. The van der Waals surface area contributed by atoms with Crippen LogP contribution in [0.15, 0.2) is 28.8 Å². The van der Waals surface area contributed by atoms with Crippen LogP contribution in [-0.2, 0) is 13.0 Å². The van der Waals surface area contributed by atoms with E-state index < -0.39 is 17.7 Å². The molecular weight excluding hydrogens is 250 g/mol. The summed E-state index contributed by atoms with van der Waals surface area (Å²) in [6.07, 6.45) is 2.43. The van der Waals surface area contributed by atoms with Crippen molar-refractivity contribution < 1.29 is 13.2 Å². The van der Waals surface area contributed by atoms with Gasteiger partial charge < -0.3 is 9.73 Å². The minimum Gasteiger partial charge on any atom is -0.444 e. The Kier molecular flexibility index (Phi) is 4.27. The van der Waals surface area contributed by atoms with Gasteiger partial charge in [0.15, 0.2) is 0 Å². The summed E-state index contributed by atoms with van der Waals surface area (Å²) in [5.74, 6) is 0.199. The second-order valence-corrected chi connectivity index (χ2v) is 4.31. The van der Waals surface area contributed by atoms with Crippen LogP contribution in [0, 0.1) is 11.6 Å². The highest BCUT2D eigenvalue weighted by atomic mass is 19.1. The van der Waals surface area contributed by atoms with Crippen molar-refractivity contribution in [3.63, 3.8) is 0 Å².